The Labute approximate surface area is 59.8 Å². The summed E-state index contributed by atoms with van der Waals surface area (Å²) >= 11 is 0. The maximum atomic E-state index is 3.73. The van der Waals surface area contributed by atoms with Gasteiger partial charge in [-0.25, -0.2) is 0 Å². The average molecular weight is 135 g/mol. The molecule has 0 radical (unpaired) electrons. The minimum absolute atomic E-state index is 0.654. The van der Waals surface area contributed by atoms with Gasteiger partial charge in [-0.15, -0.1) is 0 Å². The number of hydrogen-bond donors (Lipinski definition) is 1. The second kappa shape index (κ2) is 3.61. The summed E-state index contributed by atoms with van der Waals surface area (Å²) in [7, 11) is 0. The molecule has 1 rings (SSSR count). The van der Waals surface area contributed by atoms with E-state index in [0.717, 1.165) is 5.70 Å². The molecule has 52 valence electrons. The number of nitrogens with zero attached hydrogens (tertiary/aromatic N) is 2. The molecule has 0 atom stereocenters. The van der Waals surface area contributed by atoms with Crippen molar-refractivity contribution in [2.75, 3.05) is 6.54 Å². The van der Waals surface area contributed by atoms with Crippen LogP contribution in [0.2, 0.25) is 0 Å². The molecule has 1 aliphatic rings. The molecule has 0 aromatic carbocycles. The molecule has 1 N–H and O–H groups in total. The second-order valence-corrected chi connectivity index (χ2v) is 1.82. The van der Waals surface area contributed by atoms with E-state index >= 15 is 0 Å². The van der Waals surface area contributed by atoms with Gasteiger partial charge in [0, 0.05) is 0 Å². The van der Waals surface area contributed by atoms with Gasteiger partial charge in [-0.1, -0.05) is 30.0 Å². The Morgan fingerprint density at radius 2 is 2.40 bits per heavy atom. The van der Waals surface area contributed by atoms with E-state index in [-0.39, 0.29) is 0 Å². The van der Waals surface area contributed by atoms with Crippen molar-refractivity contribution in [1.29, 1.82) is 0 Å². The third-order valence-electron chi connectivity index (χ3n) is 1.05. The highest BCUT2D eigenvalue weighted by atomic mass is 15.5. The van der Waals surface area contributed by atoms with Gasteiger partial charge < -0.3 is 0 Å². The number of nitrogens with one attached hydrogen (secondary N) is 1. The first kappa shape index (κ1) is 6.74. The van der Waals surface area contributed by atoms with E-state index in [0.29, 0.717) is 6.54 Å². The Morgan fingerprint density at radius 1 is 1.50 bits per heavy atom. The summed E-state index contributed by atoms with van der Waals surface area (Å²) in [6.45, 7) is 4.20. The molecule has 3 heteroatoms. The molecule has 0 saturated heterocycles. The van der Waals surface area contributed by atoms with Gasteiger partial charge in [0.05, 0.1) is 5.70 Å². The van der Waals surface area contributed by atoms with Crippen LogP contribution in [-0.4, -0.2) is 6.54 Å². The zero-order valence-electron chi connectivity index (χ0n) is 5.62. The SMILES string of the molecule is C=C/C=C\C=C1/CN=NN1. The minimum atomic E-state index is 0.654. The molecule has 0 saturated carbocycles. The van der Waals surface area contributed by atoms with Gasteiger partial charge in [0.25, 0.3) is 0 Å². The summed E-state index contributed by atoms with van der Waals surface area (Å²) in [6, 6.07) is 0. The molecule has 0 amide bonds. The smallest absolute Gasteiger partial charge is 0.104 e. The summed E-state index contributed by atoms with van der Waals surface area (Å²) in [5.74, 6) is 0. The van der Waals surface area contributed by atoms with E-state index in [1.165, 1.54) is 0 Å². The zero-order chi connectivity index (χ0) is 7.23. The van der Waals surface area contributed by atoms with Crippen LogP contribution in [0, 0.1) is 0 Å². The fourth-order valence-electron chi connectivity index (χ4n) is 0.587. The van der Waals surface area contributed by atoms with Gasteiger partial charge in [-0.2, -0.15) is 5.11 Å². The predicted molar refractivity (Wildman–Crippen MR) is 40.3 cm³/mol. The second-order valence-electron chi connectivity index (χ2n) is 1.82. The van der Waals surface area contributed by atoms with E-state index in [1.807, 2.05) is 18.2 Å². The van der Waals surface area contributed by atoms with Crippen LogP contribution in [0.4, 0.5) is 0 Å². The van der Waals surface area contributed by atoms with Gasteiger partial charge >= 0.3 is 0 Å². The Kier molecular flexibility index (Phi) is 2.43. The lowest BCUT2D eigenvalue weighted by atomic mass is 10.4. The first-order valence-corrected chi connectivity index (χ1v) is 3.04. The van der Waals surface area contributed by atoms with E-state index < -0.39 is 0 Å². The van der Waals surface area contributed by atoms with Crippen molar-refractivity contribution in [1.82, 2.24) is 5.43 Å². The fraction of sp³-hybridized carbons (Fsp3) is 0.143. The first-order valence-electron chi connectivity index (χ1n) is 3.04. The Bertz CT molecular complexity index is 191. The van der Waals surface area contributed by atoms with E-state index in [2.05, 4.69) is 22.3 Å². The van der Waals surface area contributed by atoms with Gasteiger partial charge in [-0.05, 0) is 6.08 Å². The largest absolute Gasteiger partial charge is 0.262 e. The number of allylic oxidation sites excluding steroid dienone is 4. The van der Waals surface area contributed by atoms with E-state index in [4.69, 9.17) is 0 Å². The first-order chi connectivity index (χ1) is 4.93. The lowest BCUT2D eigenvalue weighted by molar-refractivity contribution is 0.910. The van der Waals surface area contributed by atoms with Crippen molar-refractivity contribution in [3.63, 3.8) is 0 Å². The molecule has 3 nitrogen and oxygen atoms in total. The van der Waals surface area contributed by atoms with Crippen LogP contribution >= 0.6 is 0 Å². The summed E-state index contributed by atoms with van der Waals surface area (Å²) < 4.78 is 0. The molecule has 10 heavy (non-hydrogen) atoms. The zero-order valence-corrected chi connectivity index (χ0v) is 5.62. The third-order valence-corrected chi connectivity index (χ3v) is 1.05. The molecule has 1 heterocycles. The van der Waals surface area contributed by atoms with Crippen molar-refractivity contribution in [2.24, 2.45) is 10.3 Å². The van der Waals surface area contributed by atoms with Gasteiger partial charge in [-0.3, -0.25) is 5.43 Å². The number of rotatable bonds is 2. The van der Waals surface area contributed by atoms with Gasteiger partial charge in [0.1, 0.15) is 6.54 Å². The standard InChI is InChI=1S/C7H9N3/c1-2-3-4-5-7-6-8-10-9-7/h2-5H,1,6H2,(H,8,9)/b4-3-,7-5+. The quantitative estimate of drug-likeness (QED) is 0.573. The van der Waals surface area contributed by atoms with Gasteiger partial charge in [0.15, 0.2) is 0 Å². The highest BCUT2D eigenvalue weighted by molar-refractivity contribution is 5.15. The molecule has 0 spiro atoms. The maximum absolute atomic E-state index is 3.73. The Morgan fingerprint density at radius 3 is 3.00 bits per heavy atom. The maximum Gasteiger partial charge on any atom is 0.104 e. The van der Waals surface area contributed by atoms with Crippen LogP contribution in [0.1, 0.15) is 0 Å². The molecule has 0 aliphatic carbocycles. The third kappa shape index (κ3) is 1.85. The molecule has 1 aliphatic heterocycles. The van der Waals surface area contributed by atoms with Crippen molar-refractivity contribution < 1.29 is 0 Å². The van der Waals surface area contributed by atoms with Gasteiger partial charge in [0.2, 0.25) is 0 Å². The Hall–Kier alpha value is -1.38. The van der Waals surface area contributed by atoms with Crippen molar-refractivity contribution in [3.8, 4) is 0 Å². The lowest BCUT2D eigenvalue weighted by Crippen LogP contribution is -1.98. The highest BCUT2D eigenvalue weighted by Crippen LogP contribution is 1.98. The average Bonchev–Trinajstić information content (AvgIpc) is 2.41. The minimum Gasteiger partial charge on any atom is -0.262 e. The summed E-state index contributed by atoms with van der Waals surface area (Å²) in [6.07, 6.45) is 7.39. The van der Waals surface area contributed by atoms with E-state index in [9.17, 15) is 0 Å². The van der Waals surface area contributed by atoms with Crippen LogP contribution < -0.4 is 5.43 Å². The summed E-state index contributed by atoms with van der Waals surface area (Å²) in [4.78, 5) is 0. The van der Waals surface area contributed by atoms with Crippen LogP contribution in [-0.2, 0) is 0 Å². The summed E-state index contributed by atoms with van der Waals surface area (Å²) in [5, 5.41) is 7.32. The molecular weight excluding hydrogens is 126 g/mol. The molecule has 0 fully saturated rings. The van der Waals surface area contributed by atoms with Crippen LogP contribution in [0.3, 0.4) is 0 Å². The van der Waals surface area contributed by atoms with Crippen LogP contribution in [0.25, 0.3) is 0 Å². The van der Waals surface area contributed by atoms with Crippen LogP contribution in [0.5, 0.6) is 0 Å². The predicted octanol–water partition coefficient (Wildman–Crippen LogP) is 1.58. The molecule has 0 unspecified atom stereocenters. The molecular formula is C7H9N3. The monoisotopic (exact) mass is 135 g/mol. The van der Waals surface area contributed by atoms with E-state index in [1.54, 1.807) is 6.08 Å². The normalized spacial score (nSPS) is 20.2. The molecule has 0 aromatic rings. The molecule has 0 bridgehead atoms. The lowest BCUT2D eigenvalue weighted by Gasteiger charge is -1.87. The summed E-state index contributed by atoms with van der Waals surface area (Å²) in [5.41, 5.74) is 3.76. The fourth-order valence-corrected chi connectivity index (χ4v) is 0.587. The van der Waals surface area contributed by atoms with Crippen LogP contribution in [0.15, 0.2) is 46.9 Å². The Balaban J connectivity index is 2.40. The molecule has 0 aromatic heterocycles. The van der Waals surface area contributed by atoms with Crippen molar-refractivity contribution in [3.05, 3.63) is 36.6 Å². The highest BCUT2D eigenvalue weighted by Gasteiger charge is 1.96. The topological polar surface area (TPSA) is 36.8 Å². The van der Waals surface area contributed by atoms with Crippen molar-refractivity contribution >= 4 is 0 Å². The van der Waals surface area contributed by atoms with Crippen molar-refractivity contribution in [2.45, 2.75) is 0 Å². The number of hydrogen-bond acceptors (Lipinski definition) is 3.